The van der Waals surface area contributed by atoms with Gasteiger partial charge in [0.2, 0.25) is 0 Å². The summed E-state index contributed by atoms with van der Waals surface area (Å²) in [6.45, 7) is 6.30. The fraction of sp³-hybridized carbons (Fsp3) is 0.524. The number of aliphatic imine (C=N–C) groups is 1. The molecule has 2 aliphatic rings. The van der Waals surface area contributed by atoms with Gasteiger partial charge >= 0.3 is 0 Å². The van der Waals surface area contributed by atoms with Crippen LogP contribution in [0.3, 0.4) is 0 Å². The quantitative estimate of drug-likeness (QED) is 0.629. The average Bonchev–Trinajstić information content (AvgIpc) is 3.35. The average molecular weight is 367 g/mol. The predicted octanol–water partition coefficient (Wildman–Crippen LogP) is 2.39. The van der Waals surface area contributed by atoms with Crippen molar-refractivity contribution < 1.29 is 4.74 Å². The van der Waals surface area contributed by atoms with Crippen LogP contribution in [-0.4, -0.2) is 48.1 Å². The molecule has 6 heteroatoms. The Labute approximate surface area is 161 Å². The van der Waals surface area contributed by atoms with Crippen LogP contribution in [0, 0.1) is 11.3 Å². The number of fused-ring (bicyclic) bond motifs is 1. The number of nitrogens with one attached hydrogen (secondary N) is 2. The smallest absolute Gasteiger partial charge is 0.191 e. The van der Waals surface area contributed by atoms with Crippen LogP contribution in [0.15, 0.2) is 47.7 Å². The molecule has 1 aromatic heterocycles. The van der Waals surface area contributed by atoms with Gasteiger partial charge in [-0.05, 0) is 36.6 Å². The molecule has 2 N–H and O–H groups in total. The summed E-state index contributed by atoms with van der Waals surface area (Å²) >= 11 is 0. The van der Waals surface area contributed by atoms with Gasteiger partial charge < -0.3 is 15.4 Å². The first-order valence-corrected chi connectivity index (χ1v) is 9.77. The molecule has 144 valence electrons. The van der Waals surface area contributed by atoms with E-state index in [1.165, 1.54) is 5.56 Å². The van der Waals surface area contributed by atoms with Crippen LogP contribution in [0.1, 0.15) is 25.8 Å². The second-order valence-electron chi connectivity index (χ2n) is 8.05. The van der Waals surface area contributed by atoms with Crippen LogP contribution in [0.5, 0.6) is 0 Å². The minimum absolute atomic E-state index is 0.154. The Morgan fingerprint density at radius 1 is 1.33 bits per heavy atom. The fourth-order valence-electron chi connectivity index (χ4n) is 4.52. The van der Waals surface area contributed by atoms with E-state index in [2.05, 4.69) is 58.8 Å². The molecule has 1 aliphatic carbocycles. The zero-order valence-electron chi connectivity index (χ0n) is 16.4. The summed E-state index contributed by atoms with van der Waals surface area (Å²) in [6, 6.07) is 10.9. The lowest BCUT2D eigenvalue weighted by atomic mass is 9.57. The summed E-state index contributed by atoms with van der Waals surface area (Å²) in [4.78, 5) is 4.41. The van der Waals surface area contributed by atoms with Gasteiger partial charge in [-0.3, -0.25) is 4.99 Å². The number of aromatic nitrogens is 2. The zero-order chi connectivity index (χ0) is 18.9. The second kappa shape index (κ2) is 7.35. The van der Waals surface area contributed by atoms with Crippen molar-refractivity contribution in [1.29, 1.82) is 0 Å². The lowest BCUT2D eigenvalue weighted by Gasteiger charge is -2.54. The van der Waals surface area contributed by atoms with Crippen LogP contribution < -0.4 is 10.6 Å². The maximum absolute atomic E-state index is 5.88. The maximum Gasteiger partial charge on any atom is 0.191 e. The van der Waals surface area contributed by atoms with E-state index in [0.29, 0.717) is 18.1 Å². The largest absolute Gasteiger partial charge is 0.377 e. The molecule has 0 radical (unpaired) electrons. The van der Waals surface area contributed by atoms with E-state index in [-0.39, 0.29) is 5.41 Å². The minimum Gasteiger partial charge on any atom is -0.377 e. The van der Waals surface area contributed by atoms with Crippen molar-refractivity contribution in [2.24, 2.45) is 16.3 Å². The number of hydrogen-bond acceptors (Lipinski definition) is 3. The molecule has 3 unspecified atom stereocenters. The molecular weight excluding hydrogens is 338 g/mol. The summed E-state index contributed by atoms with van der Waals surface area (Å²) < 4.78 is 7.75. The Bertz CT molecular complexity index is 781. The number of benzene rings is 1. The van der Waals surface area contributed by atoms with Gasteiger partial charge in [-0.2, -0.15) is 5.10 Å². The summed E-state index contributed by atoms with van der Waals surface area (Å²) in [5.41, 5.74) is 2.53. The van der Waals surface area contributed by atoms with Crippen LogP contribution in [-0.2, 0) is 11.2 Å². The van der Waals surface area contributed by atoms with Gasteiger partial charge in [-0.25, -0.2) is 4.68 Å². The molecule has 1 aromatic carbocycles. The number of guanidine groups is 1. The van der Waals surface area contributed by atoms with E-state index < -0.39 is 0 Å². The van der Waals surface area contributed by atoms with E-state index in [0.717, 1.165) is 37.6 Å². The minimum atomic E-state index is 0.154. The molecule has 6 nitrogen and oxygen atoms in total. The van der Waals surface area contributed by atoms with Gasteiger partial charge in [0.25, 0.3) is 0 Å². The molecule has 1 saturated carbocycles. The molecule has 2 fully saturated rings. The predicted molar refractivity (Wildman–Crippen MR) is 107 cm³/mol. The van der Waals surface area contributed by atoms with Gasteiger partial charge in [0, 0.05) is 50.0 Å². The Morgan fingerprint density at radius 3 is 2.85 bits per heavy atom. The number of nitrogens with zero attached hydrogens (tertiary/aromatic N) is 3. The van der Waals surface area contributed by atoms with Crippen LogP contribution in [0.2, 0.25) is 0 Å². The molecule has 1 aliphatic heterocycles. The highest BCUT2D eigenvalue weighted by atomic mass is 16.5. The summed E-state index contributed by atoms with van der Waals surface area (Å²) in [5, 5.41) is 11.3. The highest BCUT2D eigenvalue weighted by Gasteiger charge is 2.59. The molecule has 4 rings (SSSR count). The van der Waals surface area contributed by atoms with Crippen molar-refractivity contribution in [2.75, 3.05) is 20.2 Å². The fourth-order valence-corrected chi connectivity index (χ4v) is 4.52. The highest BCUT2D eigenvalue weighted by Crippen LogP contribution is 2.52. The standard InChI is InChI=1S/C21H29N5O/c1-21(2)18(17-10-14-27-19(17)21)25-20(22-3)23-12-9-15-5-7-16(8-6-15)26-13-4-11-24-26/h4-8,11,13,17-19H,9-10,12,14H2,1-3H3,(H2,22,23,25). The van der Waals surface area contributed by atoms with Gasteiger partial charge in [0.1, 0.15) is 0 Å². The van der Waals surface area contributed by atoms with E-state index >= 15 is 0 Å². The van der Waals surface area contributed by atoms with Crippen LogP contribution >= 0.6 is 0 Å². The normalized spacial score (nSPS) is 26.3. The van der Waals surface area contributed by atoms with Crippen molar-refractivity contribution in [3.63, 3.8) is 0 Å². The van der Waals surface area contributed by atoms with Gasteiger partial charge in [0.15, 0.2) is 5.96 Å². The Balaban J connectivity index is 1.28. The Kier molecular flexibility index (Phi) is 4.91. The van der Waals surface area contributed by atoms with Crippen molar-refractivity contribution >= 4 is 5.96 Å². The van der Waals surface area contributed by atoms with E-state index in [1.807, 2.05) is 24.0 Å². The highest BCUT2D eigenvalue weighted by molar-refractivity contribution is 5.80. The van der Waals surface area contributed by atoms with E-state index in [1.54, 1.807) is 6.20 Å². The van der Waals surface area contributed by atoms with Gasteiger partial charge in [-0.15, -0.1) is 0 Å². The molecule has 3 atom stereocenters. The first-order chi connectivity index (χ1) is 13.1. The summed E-state index contributed by atoms with van der Waals surface area (Å²) in [5.74, 6) is 1.49. The first-order valence-electron chi connectivity index (χ1n) is 9.77. The molecule has 1 saturated heterocycles. The lowest BCUT2D eigenvalue weighted by molar-refractivity contribution is -0.106. The molecule has 0 spiro atoms. The third-order valence-electron chi connectivity index (χ3n) is 6.03. The number of ether oxygens (including phenoxy) is 1. The van der Waals surface area contributed by atoms with Crippen LogP contribution in [0.4, 0.5) is 0 Å². The molecule has 2 aromatic rings. The molecule has 0 bridgehead atoms. The molecule has 27 heavy (non-hydrogen) atoms. The Morgan fingerprint density at radius 2 is 2.15 bits per heavy atom. The van der Waals surface area contributed by atoms with Gasteiger partial charge in [-0.1, -0.05) is 26.0 Å². The van der Waals surface area contributed by atoms with Crippen molar-refractivity contribution in [3.05, 3.63) is 48.3 Å². The van der Waals surface area contributed by atoms with Crippen molar-refractivity contribution in [2.45, 2.75) is 38.8 Å². The Hall–Kier alpha value is -2.34. The first kappa shape index (κ1) is 18.0. The molecule has 0 amide bonds. The number of rotatable bonds is 5. The van der Waals surface area contributed by atoms with Crippen molar-refractivity contribution in [1.82, 2.24) is 20.4 Å². The maximum atomic E-state index is 5.88. The topological polar surface area (TPSA) is 63.5 Å². The van der Waals surface area contributed by atoms with E-state index in [4.69, 9.17) is 4.74 Å². The lowest BCUT2D eigenvalue weighted by Crippen LogP contribution is -2.68. The molecule has 2 heterocycles. The second-order valence-corrected chi connectivity index (χ2v) is 8.05. The third-order valence-corrected chi connectivity index (χ3v) is 6.03. The van der Waals surface area contributed by atoms with Crippen molar-refractivity contribution in [3.8, 4) is 5.69 Å². The molecular formula is C21H29N5O. The zero-order valence-corrected chi connectivity index (χ0v) is 16.4. The SMILES string of the molecule is CN=C(NCCc1ccc(-n2cccn2)cc1)NC1C2CCOC2C1(C)C. The monoisotopic (exact) mass is 367 g/mol. The summed E-state index contributed by atoms with van der Waals surface area (Å²) in [6.07, 6.45) is 6.23. The van der Waals surface area contributed by atoms with Crippen LogP contribution in [0.25, 0.3) is 5.69 Å². The number of hydrogen-bond donors (Lipinski definition) is 2. The summed E-state index contributed by atoms with van der Waals surface area (Å²) in [7, 11) is 1.84. The third kappa shape index (κ3) is 3.46. The van der Waals surface area contributed by atoms with Gasteiger partial charge in [0.05, 0.1) is 11.8 Å². The van der Waals surface area contributed by atoms with E-state index in [9.17, 15) is 0 Å².